The van der Waals surface area contributed by atoms with Crippen LogP contribution in [0.3, 0.4) is 0 Å². The van der Waals surface area contributed by atoms with Crippen molar-refractivity contribution in [2.24, 2.45) is 11.7 Å². The Morgan fingerprint density at radius 2 is 1.35 bits per heavy atom. The zero-order valence-corrected chi connectivity index (χ0v) is 65.6. The minimum atomic E-state index is -2.36. The highest BCUT2D eigenvalue weighted by atomic mass is 35.5. The number of halogens is 3. The van der Waals surface area contributed by atoms with Crippen molar-refractivity contribution in [1.29, 1.82) is 0 Å². The minimum absolute atomic E-state index is 0.107. The van der Waals surface area contributed by atoms with E-state index in [9.17, 15) is 75.0 Å². The molecule has 2 saturated heterocycles. The van der Waals surface area contributed by atoms with E-state index in [2.05, 4.69) is 52.8 Å². The van der Waals surface area contributed by atoms with Gasteiger partial charge in [-0.05, 0) is 154 Å². The number of nitrogens with two attached hydrogens (primary N) is 1. The van der Waals surface area contributed by atoms with E-state index >= 15 is 14.4 Å². The molecule has 1 aromatic heterocycles. The normalized spacial score (nSPS) is 27.0. The Labute approximate surface area is 682 Å². The molecule has 18 atom stereocenters. The molecule has 0 radical (unpaired) electrons. The van der Waals surface area contributed by atoms with Crippen LogP contribution in [0.2, 0.25) is 15.1 Å². The molecule has 8 heterocycles. The van der Waals surface area contributed by atoms with Gasteiger partial charge >= 0.3 is 5.97 Å². The van der Waals surface area contributed by atoms with Gasteiger partial charge in [0.25, 0.3) is 0 Å². The average molecular weight is 1680 g/mol. The Morgan fingerprint density at radius 3 is 2.00 bits per heavy atom. The number of fused-ring (bicyclic) bond motifs is 16. The Morgan fingerprint density at radius 1 is 0.701 bits per heavy atom. The molecule has 117 heavy (non-hydrogen) atoms. The number of carbonyl (C=O) groups excluding carboxylic acids is 7. The quantitative estimate of drug-likeness (QED) is 0.0482. The van der Waals surface area contributed by atoms with Crippen LogP contribution in [0.1, 0.15) is 118 Å². The van der Waals surface area contributed by atoms with Gasteiger partial charge in [-0.25, -0.2) is 4.79 Å². The Bertz CT molecular complexity index is 4970. The summed E-state index contributed by atoms with van der Waals surface area (Å²) in [7, 11) is 1.48. The van der Waals surface area contributed by atoms with Gasteiger partial charge in [-0.2, -0.15) is 0 Å². The third kappa shape index (κ3) is 18.9. The third-order valence-corrected chi connectivity index (χ3v) is 21.7. The number of aliphatic hydroxyl groups excluding tert-OH is 6. The van der Waals surface area contributed by atoms with Crippen molar-refractivity contribution in [1.82, 2.24) is 47.5 Å². The molecule has 0 aliphatic carbocycles. The monoisotopic (exact) mass is 1680 g/mol. The van der Waals surface area contributed by atoms with Crippen LogP contribution >= 0.6 is 34.8 Å². The molecule has 35 nitrogen and oxygen atoms in total. The number of anilines is 1. The molecular formula is C79H88Cl3N11O24. The molecule has 2 fully saturated rings. The lowest BCUT2D eigenvalue weighted by molar-refractivity contribution is -0.334. The number of aromatic nitrogens is 1. The number of amides is 7. The molecule has 624 valence electrons. The number of primary amides is 1. The summed E-state index contributed by atoms with van der Waals surface area (Å²) in [6, 6.07) is 6.63. The Balaban J connectivity index is 1.01. The number of phenols is 3. The number of rotatable bonds is 20. The first kappa shape index (κ1) is 85.9. The number of hydrogen-bond acceptors (Lipinski definition) is 27. The van der Waals surface area contributed by atoms with Crippen molar-refractivity contribution in [3.8, 4) is 57.1 Å². The smallest absolute Gasteiger partial charge is 0.330 e. The predicted octanol–water partition coefficient (Wildman–Crippen LogP) is 3.83. The summed E-state index contributed by atoms with van der Waals surface area (Å²) in [4.78, 5) is 122. The van der Waals surface area contributed by atoms with E-state index in [0.717, 1.165) is 77.8 Å². The van der Waals surface area contributed by atoms with Crippen molar-refractivity contribution in [3.63, 3.8) is 0 Å². The first-order chi connectivity index (χ1) is 55.6. The molecule has 21 N–H and O–H groups in total. The van der Waals surface area contributed by atoms with Gasteiger partial charge in [0.15, 0.2) is 29.9 Å². The second kappa shape index (κ2) is 36.2. The summed E-state index contributed by atoms with van der Waals surface area (Å²) in [5.74, 6) is -16.0. The first-order valence-electron chi connectivity index (χ1n) is 37.3. The number of carboxylic acid groups (broad SMARTS) is 1. The van der Waals surface area contributed by atoms with E-state index in [4.69, 9.17) is 69.0 Å². The number of aliphatic carboxylic acids is 1. The number of nitrogens with one attached hydrogen (secondary N) is 9. The number of carbonyl (C=O) groups is 8. The van der Waals surface area contributed by atoms with Gasteiger partial charge in [0.05, 0.1) is 46.8 Å². The molecule has 14 rings (SSSR count). The van der Waals surface area contributed by atoms with Crippen molar-refractivity contribution < 1.29 is 118 Å². The number of carboxylic acids is 1. The number of nitrogens with zero attached hydrogens (tertiary/aromatic N) is 1. The van der Waals surface area contributed by atoms with Crippen LogP contribution in [-0.2, 0) is 52.6 Å². The molecule has 38 heteroatoms. The summed E-state index contributed by atoms with van der Waals surface area (Å²) in [5, 5.41) is 141. The number of phenolic OH excluding ortho intramolecular Hbond substituents is 3. The second-order valence-corrected chi connectivity index (χ2v) is 31.0. The number of aliphatic hydroxyl groups is 6. The maximum absolute atomic E-state index is 16.2. The minimum Gasteiger partial charge on any atom is -0.508 e. The highest BCUT2D eigenvalue weighted by Gasteiger charge is 2.52. The maximum atomic E-state index is 16.2. The standard InChI is InChI=1S/C79H88Cl3N11O24/c1-32(2)20-47(84-5)71(104)92-62-64(99)35-9-14-51(43(81)22-35)113-53-24-37-25-54(68(53)117-78-69(67(102)66(101)55(31-94)115-78)116-57-30-79(4,70(103)33(3)112-57)87-18-7-6-17-85-45-16-19-86-46-26-38(80)11-12-40(45)46)114-52-15-10-36(23-44(52)82)65(100)63-76(109)91-61(77(110)111)42-27-39(95)28-50(97)58(42)41-21-34(8-13-49(41)96)59(73(106)93-63)90-74(107)60(37)89-72(105)48(29-56(83)98)88-75(62)108/h8-16,19,21-28,32-33,47-48,55,57,59-67,69-70,78,84,87,94-97,99-103H,6-7,17-18,20,29-31H2,1-5H3,(H2,83,98)(H,85,86)(H,88,108)(H,89,105)(H,90,107)(H,91,109)(H,92,104)(H,93,106)(H,110,111)/t33?,47-,48+,55?,57?,59-,60-,61-,62-,63+,64-,65-,66?,67?,69?,70?,78?,79?/m1/s1. The van der Waals surface area contributed by atoms with Gasteiger partial charge in [0.2, 0.25) is 53.4 Å². The number of aromatic hydroxyl groups is 3. The number of benzene rings is 6. The molecule has 0 spiro atoms. The van der Waals surface area contributed by atoms with Crippen LogP contribution in [0, 0.1) is 5.92 Å². The van der Waals surface area contributed by atoms with Gasteiger partial charge in [-0.3, -0.25) is 38.5 Å². The van der Waals surface area contributed by atoms with Crippen LogP contribution < -0.4 is 67.8 Å². The fourth-order valence-corrected chi connectivity index (χ4v) is 15.4. The van der Waals surface area contributed by atoms with E-state index in [1.165, 1.54) is 19.2 Å². The van der Waals surface area contributed by atoms with Crippen molar-refractivity contribution in [2.45, 2.75) is 169 Å². The SMILES string of the molecule is CN[C@H](CC(C)C)C(=O)N[C@H]1C(=O)N[C@@H](CC(N)=O)C(=O)N[C@H]2C(=O)N[C@H]3C(=O)N[C@H](C(=O)N[C@@H](C(=O)O)c4cc(O)cc(O)c4-c4cc3ccc4O)[C@H](O)c3ccc(c(Cl)c3)Oc3cc2cc(c3OC2OC(CO)C(O)C(O)C2OC2CC(C)(NCCCCNc3ccnc4cc(Cl)ccc34)C(O)C(C)O2)Oc2ccc(cc2Cl)[C@H]1O. The van der Waals surface area contributed by atoms with Gasteiger partial charge in [0.1, 0.15) is 89.5 Å². The first-order valence-corrected chi connectivity index (χ1v) is 38.5. The molecule has 7 aliphatic rings. The van der Waals surface area contributed by atoms with Crippen LogP contribution in [0.5, 0.6) is 46.0 Å². The highest BCUT2D eigenvalue weighted by molar-refractivity contribution is 6.32. The van der Waals surface area contributed by atoms with Crippen LogP contribution in [0.4, 0.5) is 5.69 Å². The molecule has 0 saturated carbocycles. The lowest BCUT2D eigenvalue weighted by Crippen LogP contribution is -2.65. The average Bonchev–Trinajstić information content (AvgIpc) is 0.737. The number of hydrogen-bond donors (Lipinski definition) is 20. The van der Waals surface area contributed by atoms with E-state index in [-0.39, 0.29) is 46.2 Å². The van der Waals surface area contributed by atoms with Gasteiger partial charge < -0.3 is 133 Å². The fourth-order valence-electron chi connectivity index (χ4n) is 14.8. The Hall–Kier alpha value is -10.5. The number of ether oxygens (including phenoxy) is 6. The largest absolute Gasteiger partial charge is 0.508 e. The predicted molar refractivity (Wildman–Crippen MR) is 418 cm³/mol. The topological polar surface area (TPSA) is 541 Å². The van der Waals surface area contributed by atoms with Gasteiger partial charge in [0, 0.05) is 63.6 Å². The highest BCUT2D eigenvalue weighted by Crippen LogP contribution is 2.50. The summed E-state index contributed by atoms with van der Waals surface area (Å²) < 4.78 is 39.5. The van der Waals surface area contributed by atoms with E-state index in [1.807, 2.05) is 26.0 Å². The Kier molecular flexibility index (Phi) is 26.5. The zero-order chi connectivity index (χ0) is 84.3. The van der Waals surface area contributed by atoms with Crippen molar-refractivity contribution >= 4 is 98.7 Å². The van der Waals surface area contributed by atoms with Crippen LogP contribution in [0.25, 0.3) is 22.0 Å². The maximum Gasteiger partial charge on any atom is 0.330 e. The van der Waals surface area contributed by atoms with E-state index < -0.39 is 237 Å². The lowest BCUT2D eigenvalue weighted by atomic mass is 9.85. The van der Waals surface area contributed by atoms with Crippen LogP contribution in [-0.4, -0.2) is 209 Å². The summed E-state index contributed by atoms with van der Waals surface area (Å²) in [6.45, 7) is 6.89. The van der Waals surface area contributed by atoms with Crippen LogP contribution in [0.15, 0.2) is 109 Å². The molecule has 7 aliphatic heterocycles. The van der Waals surface area contributed by atoms with Gasteiger partial charge in [-0.1, -0.05) is 66.8 Å². The molecule has 6 aromatic carbocycles. The van der Waals surface area contributed by atoms with E-state index in [0.29, 0.717) is 36.5 Å². The van der Waals surface area contributed by atoms with E-state index in [1.54, 1.807) is 32.2 Å². The molecular weight excluding hydrogens is 1590 g/mol. The molecule has 9 unspecified atom stereocenters. The summed E-state index contributed by atoms with van der Waals surface area (Å²) in [6.07, 6.45) is -15.6. The summed E-state index contributed by atoms with van der Waals surface area (Å²) in [5.41, 5.74) is 3.31. The summed E-state index contributed by atoms with van der Waals surface area (Å²) >= 11 is 20.5. The zero-order valence-electron chi connectivity index (χ0n) is 63.3. The third-order valence-electron chi connectivity index (χ3n) is 20.9. The molecule has 7 amide bonds. The van der Waals surface area contributed by atoms with Crippen molar-refractivity contribution in [2.75, 3.05) is 32.1 Å². The van der Waals surface area contributed by atoms with Gasteiger partial charge in [-0.15, -0.1) is 0 Å². The number of pyridine rings is 1. The molecule has 11 bridgehead atoms. The lowest BCUT2D eigenvalue weighted by Gasteiger charge is -2.48. The second-order valence-electron chi connectivity index (χ2n) is 29.7. The fraction of sp³-hybridized carbons (Fsp3) is 0.405. The van der Waals surface area contributed by atoms with Crippen molar-refractivity contribution in [3.05, 3.63) is 152 Å². The molecule has 7 aromatic rings. The number of likely N-dealkylation sites (N-methyl/N-ethyl adjacent to an activating group) is 1. The number of unbranched alkanes of at least 4 members (excludes halogenated alkanes) is 1.